The number of hydrogen-bond acceptors (Lipinski definition) is 5. The maximum absolute atomic E-state index is 13.1. The summed E-state index contributed by atoms with van der Waals surface area (Å²) < 4.78 is 5.21. The summed E-state index contributed by atoms with van der Waals surface area (Å²) in [6.07, 6.45) is 2.30. The third-order valence-electron chi connectivity index (χ3n) is 4.88. The number of esters is 1. The van der Waals surface area contributed by atoms with Gasteiger partial charge in [0.15, 0.2) is 0 Å². The molecule has 170 valence electrons. The molecule has 1 heterocycles. The van der Waals surface area contributed by atoms with E-state index in [4.69, 9.17) is 10.3 Å². The molecular formula is C23H28N4O5. The average Bonchev–Trinajstić information content (AvgIpc) is 3.12. The fraction of sp³-hybridized carbons (Fsp3) is 0.435. The van der Waals surface area contributed by atoms with E-state index in [-0.39, 0.29) is 25.0 Å². The van der Waals surface area contributed by atoms with Gasteiger partial charge in [-0.25, -0.2) is 4.79 Å². The van der Waals surface area contributed by atoms with Gasteiger partial charge in [0.1, 0.15) is 11.8 Å². The van der Waals surface area contributed by atoms with Crippen LogP contribution in [0.1, 0.15) is 45.6 Å². The van der Waals surface area contributed by atoms with Crippen LogP contribution < -0.4 is 5.32 Å². The minimum atomic E-state index is -1.07. The molecule has 0 unspecified atom stereocenters. The number of aromatic nitrogens is 1. The minimum absolute atomic E-state index is 0.00733. The SMILES string of the molecule is CC(=O)C[C@@H](Cc1c[nH]c2ccccc12)C(=O)N[C@@H](CCC(=O)C=[N+]=[N-])C(=O)OC(C)C. The Morgan fingerprint density at radius 2 is 1.94 bits per heavy atom. The molecule has 0 aliphatic rings. The van der Waals surface area contributed by atoms with Crippen molar-refractivity contribution in [1.82, 2.24) is 10.3 Å². The molecule has 2 aromatic rings. The number of carbonyl (C=O) groups is 4. The van der Waals surface area contributed by atoms with Crippen LogP contribution in [0, 0.1) is 5.92 Å². The van der Waals surface area contributed by atoms with Crippen molar-refractivity contribution in [3.05, 3.63) is 41.6 Å². The van der Waals surface area contributed by atoms with Gasteiger partial charge in [-0.2, -0.15) is 4.79 Å². The molecule has 0 saturated carbocycles. The quantitative estimate of drug-likeness (QED) is 0.226. The highest BCUT2D eigenvalue weighted by Crippen LogP contribution is 2.22. The average molecular weight is 441 g/mol. The summed E-state index contributed by atoms with van der Waals surface area (Å²) in [4.78, 5) is 54.9. The summed E-state index contributed by atoms with van der Waals surface area (Å²) in [6.45, 7) is 4.76. The van der Waals surface area contributed by atoms with Gasteiger partial charge in [0, 0.05) is 35.9 Å². The van der Waals surface area contributed by atoms with Gasteiger partial charge in [0.25, 0.3) is 0 Å². The highest BCUT2D eigenvalue weighted by Gasteiger charge is 2.29. The first-order chi connectivity index (χ1) is 15.2. The second kappa shape index (κ2) is 11.7. The fourth-order valence-electron chi connectivity index (χ4n) is 3.44. The molecule has 9 heteroatoms. The van der Waals surface area contributed by atoms with Crippen LogP contribution in [-0.4, -0.2) is 51.6 Å². The number of Topliss-reactive ketones (excluding diaryl/α,β-unsaturated/α-hetero) is 2. The molecule has 1 aromatic heterocycles. The molecule has 0 bridgehead atoms. The van der Waals surface area contributed by atoms with Crippen LogP contribution in [0.2, 0.25) is 0 Å². The van der Waals surface area contributed by atoms with Gasteiger partial charge in [-0.3, -0.25) is 9.59 Å². The molecule has 0 aliphatic heterocycles. The Morgan fingerprint density at radius 3 is 2.59 bits per heavy atom. The van der Waals surface area contributed by atoms with E-state index in [1.54, 1.807) is 13.8 Å². The normalized spacial score (nSPS) is 12.6. The van der Waals surface area contributed by atoms with Gasteiger partial charge in [0.05, 0.1) is 6.10 Å². The topological polar surface area (TPSA) is 142 Å². The van der Waals surface area contributed by atoms with Crippen molar-refractivity contribution in [2.45, 2.75) is 58.6 Å². The van der Waals surface area contributed by atoms with Gasteiger partial charge in [-0.05, 0) is 45.2 Å². The summed E-state index contributed by atoms with van der Waals surface area (Å²) in [7, 11) is 0. The van der Waals surface area contributed by atoms with Gasteiger partial charge < -0.3 is 25.4 Å². The van der Waals surface area contributed by atoms with Gasteiger partial charge >= 0.3 is 12.2 Å². The number of nitrogens with one attached hydrogen (secondary N) is 2. The zero-order chi connectivity index (χ0) is 23.7. The minimum Gasteiger partial charge on any atom is -0.461 e. The van der Waals surface area contributed by atoms with Crippen molar-refractivity contribution in [3.63, 3.8) is 0 Å². The lowest BCUT2D eigenvalue weighted by atomic mass is 9.93. The van der Waals surface area contributed by atoms with Gasteiger partial charge in [0.2, 0.25) is 11.7 Å². The van der Waals surface area contributed by atoms with Crippen molar-refractivity contribution < 1.29 is 28.7 Å². The number of ether oxygens (including phenoxy) is 1. The van der Waals surface area contributed by atoms with Crippen LogP contribution in [0.25, 0.3) is 16.4 Å². The predicted molar refractivity (Wildman–Crippen MR) is 118 cm³/mol. The van der Waals surface area contributed by atoms with Crippen molar-refractivity contribution in [1.29, 1.82) is 0 Å². The molecule has 0 saturated heterocycles. The molecule has 2 N–H and O–H groups in total. The second-order valence-corrected chi connectivity index (χ2v) is 7.96. The number of amides is 1. The molecule has 9 nitrogen and oxygen atoms in total. The standard InChI is InChI=1S/C23H28N4O5/c1-14(2)32-23(31)21(9-8-18(29)13-26-24)27-22(30)16(10-15(3)28)11-17-12-25-20-7-5-4-6-19(17)20/h4-7,12-14,16,21,25H,8-11H2,1-3H3,(H,27,30)/t16-,21-/m0/s1. The Morgan fingerprint density at radius 1 is 1.22 bits per heavy atom. The fourth-order valence-corrected chi connectivity index (χ4v) is 3.44. The van der Waals surface area contributed by atoms with E-state index in [2.05, 4.69) is 15.1 Å². The molecule has 2 atom stereocenters. The first-order valence-corrected chi connectivity index (χ1v) is 10.5. The number of aromatic amines is 1. The number of fused-ring (bicyclic) bond motifs is 1. The molecule has 2 rings (SSSR count). The Kier molecular flexibility index (Phi) is 9.04. The maximum atomic E-state index is 13.1. The summed E-state index contributed by atoms with van der Waals surface area (Å²) in [5.74, 6) is -2.49. The van der Waals surface area contributed by atoms with Crippen LogP contribution in [0.5, 0.6) is 0 Å². The number of para-hydroxylation sites is 1. The summed E-state index contributed by atoms with van der Waals surface area (Å²) in [6, 6.07) is 6.57. The number of carbonyl (C=O) groups excluding carboxylic acids is 4. The second-order valence-electron chi connectivity index (χ2n) is 7.96. The number of H-pyrrole nitrogens is 1. The third-order valence-corrected chi connectivity index (χ3v) is 4.88. The van der Waals surface area contributed by atoms with Crippen LogP contribution in [0.15, 0.2) is 30.5 Å². The van der Waals surface area contributed by atoms with Crippen molar-refractivity contribution in [2.75, 3.05) is 0 Å². The molecular weight excluding hydrogens is 412 g/mol. The van der Waals surface area contributed by atoms with E-state index in [0.29, 0.717) is 6.42 Å². The zero-order valence-electron chi connectivity index (χ0n) is 18.5. The lowest BCUT2D eigenvalue weighted by Crippen LogP contribution is -2.46. The molecule has 32 heavy (non-hydrogen) atoms. The monoisotopic (exact) mass is 440 g/mol. The lowest BCUT2D eigenvalue weighted by Gasteiger charge is -2.22. The molecule has 0 spiro atoms. The molecule has 0 fully saturated rings. The highest BCUT2D eigenvalue weighted by atomic mass is 16.5. The zero-order valence-corrected chi connectivity index (χ0v) is 18.5. The Bertz CT molecular complexity index is 1040. The first kappa shape index (κ1) is 24.7. The van der Waals surface area contributed by atoms with Gasteiger partial charge in [-0.15, -0.1) is 0 Å². The summed E-state index contributed by atoms with van der Waals surface area (Å²) in [5.41, 5.74) is 10.3. The number of nitrogens with zero attached hydrogens (tertiary/aromatic N) is 2. The first-order valence-electron chi connectivity index (χ1n) is 10.5. The third kappa shape index (κ3) is 7.28. The van der Waals surface area contributed by atoms with Crippen molar-refractivity contribution in [3.8, 4) is 0 Å². The van der Waals surface area contributed by atoms with Gasteiger partial charge in [-0.1, -0.05) is 18.2 Å². The van der Waals surface area contributed by atoms with E-state index in [1.807, 2.05) is 30.5 Å². The van der Waals surface area contributed by atoms with E-state index in [0.717, 1.165) is 22.7 Å². The molecule has 1 aromatic carbocycles. The van der Waals surface area contributed by atoms with E-state index < -0.39 is 35.7 Å². The number of rotatable bonds is 12. The van der Waals surface area contributed by atoms with Crippen LogP contribution in [-0.2, 0) is 30.3 Å². The molecule has 0 aliphatic carbocycles. The Hall–Kier alpha value is -3.58. The van der Waals surface area contributed by atoms with Crippen molar-refractivity contribution in [2.24, 2.45) is 5.92 Å². The largest absolute Gasteiger partial charge is 0.461 e. The summed E-state index contributed by atoms with van der Waals surface area (Å²) >= 11 is 0. The predicted octanol–water partition coefficient (Wildman–Crippen LogP) is 2.39. The van der Waals surface area contributed by atoms with Crippen molar-refractivity contribution >= 4 is 40.6 Å². The van der Waals surface area contributed by atoms with E-state index in [1.165, 1.54) is 6.92 Å². The van der Waals surface area contributed by atoms with Crippen LogP contribution in [0.3, 0.4) is 0 Å². The number of hydrogen-bond donors (Lipinski definition) is 2. The number of benzene rings is 1. The van der Waals surface area contributed by atoms with Crippen LogP contribution >= 0.6 is 0 Å². The molecule has 0 radical (unpaired) electrons. The highest BCUT2D eigenvalue weighted by molar-refractivity contribution is 6.25. The van der Waals surface area contributed by atoms with E-state index in [9.17, 15) is 19.2 Å². The Labute approximate surface area is 186 Å². The maximum Gasteiger partial charge on any atom is 0.328 e. The van der Waals surface area contributed by atoms with Crippen LogP contribution in [0.4, 0.5) is 0 Å². The lowest BCUT2D eigenvalue weighted by molar-refractivity contribution is -0.152. The smallest absolute Gasteiger partial charge is 0.328 e. The molecule has 1 amide bonds. The Balaban J connectivity index is 2.20. The summed E-state index contributed by atoms with van der Waals surface area (Å²) in [5, 5.41) is 3.61. The number of ketones is 2. The van der Waals surface area contributed by atoms with E-state index >= 15 is 0 Å².